The maximum atomic E-state index is 12.9. The minimum atomic E-state index is -0.663. The molecule has 1 saturated heterocycles. The van der Waals surface area contributed by atoms with E-state index in [9.17, 15) is 9.59 Å². The molecule has 3 heterocycles. The summed E-state index contributed by atoms with van der Waals surface area (Å²) in [5.74, 6) is 0.840. The van der Waals surface area contributed by atoms with Crippen molar-refractivity contribution in [1.29, 1.82) is 0 Å². The zero-order valence-electron chi connectivity index (χ0n) is 14.7. The van der Waals surface area contributed by atoms with Crippen LogP contribution in [0.15, 0.2) is 15.6 Å². The van der Waals surface area contributed by atoms with Crippen molar-refractivity contribution in [3.8, 4) is 0 Å². The number of hydrogen-bond acceptors (Lipinski definition) is 5. The lowest BCUT2D eigenvalue weighted by molar-refractivity contribution is -0.679. The van der Waals surface area contributed by atoms with Crippen molar-refractivity contribution in [3.05, 3.63) is 12.0 Å². The Morgan fingerprint density at radius 2 is 2.08 bits per heavy atom. The van der Waals surface area contributed by atoms with Crippen molar-refractivity contribution in [1.82, 2.24) is 9.80 Å². The first kappa shape index (κ1) is 16.6. The second kappa shape index (κ2) is 5.70. The molecule has 1 atom stereocenters. The first-order valence-corrected chi connectivity index (χ1v) is 8.06. The number of oxazole rings is 1. The molecule has 2 aliphatic rings. The van der Waals surface area contributed by atoms with E-state index in [1.165, 1.54) is 9.80 Å². The van der Waals surface area contributed by atoms with Crippen molar-refractivity contribution in [2.24, 2.45) is 4.99 Å². The summed E-state index contributed by atoms with van der Waals surface area (Å²) in [4.78, 5) is 32.3. The number of aromatic nitrogens is 1. The largest absolute Gasteiger partial charge is 0.506 e. The average molecular weight is 335 g/mol. The third-order valence-electron chi connectivity index (χ3n) is 4.18. The van der Waals surface area contributed by atoms with Crippen LogP contribution in [-0.2, 0) is 14.9 Å². The molecular formula is C16H23N4O4+. The monoisotopic (exact) mass is 335 g/mol. The number of carbonyl (C=O) groups is 2. The fourth-order valence-electron chi connectivity index (χ4n) is 2.77. The number of ether oxygens (including phenoxy) is 1. The van der Waals surface area contributed by atoms with Crippen LogP contribution in [0.2, 0.25) is 0 Å². The molecule has 0 spiro atoms. The minimum Gasteiger partial charge on any atom is -0.389 e. The van der Waals surface area contributed by atoms with Crippen molar-refractivity contribution in [2.45, 2.75) is 39.2 Å². The molecule has 1 fully saturated rings. The highest BCUT2D eigenvalue weighted by Gasteiger charge is 2.55. The first-order valence-electron chi connectivity index (χ1n) is 8.06. The number of likely N-dealkylation sites (N-methyl/N-ethyl adjacent to an activating group) is 1. The number of fused-ring (bicyclic) bond motifs is 3. The molecule has 130 valence electrons. The van der Waals surface area contributed by atoms with Gasteiger partial charge in [-0.05, 0) is 6.92 Å². The third-order valence-corrected chi connectivity index (χ3v) is 4.18. The molecule has 8 heteroatoms. The van der Waals surface area contributed by atoms with Crippen LogP contribution in [0.1, 0.15) is 39.5 Å². The van der Waals surface area contributed by atoms with E-state index in [1.807, 2.05) is 27.7 Å². The van der Waals surface area contributed by atoms with Gasteiger partial charge in [-0.1, -0.05) is 20.8 Å². The number of rotatable bonds is 4. The van der Waals surface area contributed by atoms with Gasteiger partial charge in [-0.25, -0.2) is 4.79 Å². The Kier molecular flexibility index (Phi) is 3.95. The summed E-state index contributed by atoms with van der Waals surface area (Å²) in [6, 6.07) is -0.708. The summed E-state index contributed by atoms with van der Waals surface area (Å²) in [7, 11) is 1.62. The number of amides is 3. The number of hydrogen-bond donors (Lipinski definition) is 0. The molecule has 0 saturated carbocycles. The van der Waals surface area contributed by atoms with Gasteiger partial charge in [0.15, 0.2) is 5.76 Å². The Bertz CT molecular complexity index is 716. The van der Waals surface area contributed by atoms with Crippen LogP contribution >= 0.6 is 0 Å². The lowest BCUT2D eigenvalue weighted by atomic mass is 9.94. The predicted octanol–water partition coefficient (Wildman–Crippen LogP) is 1.38. The van der Waals surface area contributed by atoms with Gasteiger partial charge in [-0.3, -0.25) is 14.6 Å². The van der Waals surface area contributed by atoms with E-state index in [4.69, 9.17) is 9.15 Å². The van der Waals surface area contributed by atoms with Crippen LogP contribution in [0, 0.1) is 0 Å². The number of amidine groups is 1. The average Bonchev–Trinajstić information content (AvgIpc) is 3.05. The Morgan fingerprint density at radius 3 is 2.71 bits per heavy atom. The normalized spacial score (nSPS) is 20.4. The van der Waals surface area contributed by atoms with Gasteiger partial charge < -0.3 is 9.15 Å². The van der Waals surface area contributed by atoms with Gasteiger partial charge in [0.1, 0.15) is 6.20 Å². The SMILES string of the molecule is CCOCCN1C(=O)C2C(=Nc3oc(C(C)(C)C)c[n+]32)N(C)C1=O. The summed E-state index contributed by atoms with van der Waals surface area (Å²) in [5, 5.41) is 0. The topological polar surface area (TPSA) is 79.2 Å². The molecule has 1 aromatic rings. The van der Waals surface area contributed by atoms with Crippen LogP contribution in [0.25, 0.3) is 0 Å². The summed E-state index contributed by atoms with van der Waals surface area (Å²) < 4.78 is 12.8. The van der Waals surface area contributed by atoms with Crippen LogP contribution in [0.5, 0.6) is 0 Å². The summed E-state index contributed by atoms with van der Waals surface area (Å²) in [5.41, 5.74) is -0.193. The minimum absolute atomic E-state index is 0.193. The van der Waals surface area contributed by atoms with E-state index in [0.717, 1.165) is 5.76 Å². The molecule has 2 aliphatic heterocycles. The zero-order valence-corrected chi connectivity index (χ0v) is 14.7. The molecule has 0 radical (unpaired) electrons. The van der Waals surface area contributed by atoms with Crippen LogP contribution in [-0.4, -0.2) is 54.4 Å². The van der Waals surface area contributed by atoms with Gasteiger partial charge in [0.2, 0.25) is 0 Å². The molecule has 1 unspecified atom stereocenters. The third kappa shape index (κ3) is 2.50. The lowest BCUT2D eigenvalue weighted by Gasteiger charge is -2.31. The van der Waals surface area contributed by atoms with E-state index in [2.05, 4.69) is 4.99 Å². The van der Waals surface area contributed by atoms with Crippen LogP contribution in [0.3, 0.4) is 0 Å². The molecule has 0 aliphatic carbocycles. The number of nitrogens with zero attached hydrogens (tertiary/aromatic N) is 4. The van der Waals surface area contributed by atoms with Crippen LogP contribution < -0.4 is 4.57 Å². The van der Waals surface area contributed by atoms with Gasteiger partial charge in [0.25, 0.3) is 17.8 Å². The molecule has 1 aromatic heterocycles. The molecule has 0 bridgehead atoms. The van der Waals surface area contributed by atoms with Gasteiger partial charge in [0, 0.05) is 24.1 Å². The van der Waals surface area contributed by atoms with Crippen molar-refractivity contribution >= 4 is 23.8 Å². The quantitative estimate of drug-likeness (QED) is 0.615. The number of aliphatic imine (C=N–C) groups is 1. The second-order valence-corrected chi connectivity index (χ2v) is 6.94. The smallest absolute Gasteiger partial charge is 0.389 e. The zero-order chi connectivity index (χ0) is 17.6. The van der Waals surface area contributed by atoms with Gasteiger partial charge in [-0.2, -0.15) is 4.57 Å². The molecule has 8 nitrogen and oxygen atoms in total. The van der Waals surface area contributed by atoms with Crippen molar-refractivity contribution in [2.75, 3.05) is 26.8 Å². The second-order valence-electron chi connectivity index (χ2n) is 6.94. The molecular weight excluding hydrogens is 312 g/mol. The van der Waals surface area contributed by atoms with Gasteiger partial charge >= 0.3 is 12.0 Å². The first-order chi connectivity index (χ1) is 11.3. The summed E-state index contributed by atoms with van der Waals surface area (Å²) in [6.45, 7) is 9.03. The fraction of sp³-hybridized carbons (Fsp3) is 0.625. The molecule has 3 amide bonds. The van der Waals surface area contributed by atoms with Crippen molar-refractivity contribution < 1.29 is 23.3 Å². The number of imide groups is 1. The van der Waals surface area contributed by atoms with E-state index in [-0.39, 0.29) is 17.9 Å². The molecule has 24 heavy (non-hydrogen) atoms. The highest BCUT2D eigenvalue weighted by Crippen LogP contribution is 2.32. The standard InChI is InChI=1S/C16H23N4O4/c1-6-23-8-7-19-13(21)11-12(18(5)15(19)22)17-14-20(11)9-10(24-14)16(2,3)4/h9,11H,6-8H2,1-5H3/q+1. The van der Waals surface area contributed by atoms with Gasteiger partial charge in [0.05, 0.1) is 13.2 Å². The fourth-order valence-corrected chi connectivity index (χ4v) is 2.77. The Balaban J connectivity index is 1.94. The lowest BCUT2D eigenvalue weighted by Crippen LogP contribution is -2.63. The Labute approximate surface area is 140 Å². The molecule has 0 N–H and O–H groups in total. The number of urea groups is 1. The molecule has 3 rings (SSSR count). The summed E-state index contributed by atoms with van der Waals surface area (Å²) in [6.07, 6.45) is 1.80. The predicted molar refractivity (Wildman–Crippen MR) is 85.1 cm³/mol. The van der Waals surface area contributed by atoms with E-state index in [0.29, 0.717) is 25.1 Å². The Hall–Kier alpha value is -2.22. The highest BCUT2D eigenvalue weighted by molar-refractivity contribution is 6.18. The van der Waals surface area contributed by atoms with Gasteiger partial charge in [-0.15, -0.1) is 0 Å². The van der Waals surface area contributed by atoms with E-state index >= 15 is 0 Å². The Morgan fingerprint density at radius 1 is 1.38 bits per heavy atom. The maximum Gasteiger partial charge on any atom is 0.506 e. The molecule has 0 aromatic carbocycles. The number of carbonyl (C=O) groups excluding carboxylic acids is 2. The summed E-state index contributed by atoms with van der Waals surface area (Å²) >= 11 is 0. The van der Waals surface area contributed by atoms with Crippen molar-refractivity contribution in [3.63, 3.8) is 0 Å². The highest BCUT2D eigenvalue weighted by atomic mass is 16.5. The van der Waals surface area contributed by atoms with Crippen LogP contribution in [0.4, 0.5) is 10.8 Å². The maximum absolute atomic E-state index is 12.9. The van der Waals surface area contributed by atoms with E-state index in [1.54, 1.807) is 17.8 Å². The van der Waals surface area contributed by atoms with E-state index < -0.39 is 12.1 Å².